The molecule has 0 aliphatic rings. The van der Waals surface area contributed by atoms with E-state index in [1.165, 1.54) is 24.3 Å². The molecule has 0 bridgehead atoms. The van der Waals surface area contributed by atoms with Gasteiger partial charge in [0, 0.05) is 30.6 Å². The van der Waals surface area contributed by atoms with E-state index in [1.54, 1.807) is 18.7 Å². The average molecular weight is 370 g/mol. The summed E-state index contributed by atoms with van der Waals surface area (Å²) < 4.78 is 27.4. The summed E-state index contributed by atoms with van der Waals surface area (Å²) in [5.41, 5.74) is -0.472. The highest BCUT2D eigenvalue weighted by Gasteiger charge is 2.27. The lowest BCUT2D eigenvalue weighted by Gasteiger charge is -2.25. The normalized spacial score (nSPS) is 12.0. The number of benzene rings is 1. The summed E-state index contributed by atoms with van der Waals surface area (Å²) in [6.45, 7) is 8.17. The smallest absolute Gasteiger partial charge is 0.303 e. The van der Waals surface area contributed by atoms with E-state index in [2.05, 4.69) is 4.72 Å². The molecule has 0 heterocycles. The molecule has 0 aliphatic heterocycles. The highest BCUT2D eigenvalue weighted by atomic mass is 32.2. The zero-order valence-corrected chi connectivity index (χ0v) is 15.9. The van der Waals surface area contributed by atoms with Gasteiger partial charge in [-0.2, -0.15) is 0 Å². The molecule has 25 heavy (non-hydrogen) atoms. The van der Waals surface area contributed by atoms with Crippen molar-refractivity contribution >= 4 is 21.9 Å². The largest absolute Gasteiger partial charge is 0.481 e. The molecule has 1 aromatic rings. The molecule has 0 spiro atoms. The lowest BCUT2D eigenvalue weighted by atomic mass is 10.0. The maximum Gasteiger partial charge on any atom is 0.303 e. The third-order valence-electron chi connectivity index (χ3n) is 3.84. The van der Waals surface area contributed by atoms with Gasteiger partial charge in [0.2, 0.25) is 10.0 Å². The molecule has 8 heteroatoms. The predicted octanol–water partition coefficient (Wildman–Crippen LogP) is 2.09. The predicted molar refractivity (Wildman–Crippen MR) is 95.0 cm³/mol. The Morgan fingerprint density at radius 3 is 2.08 bits per heavy atom. The number of hydrogen-bond donors (Lipinski definition) is 2. The van der Waals surface area contributed by atoms with Crippen molar-refractivity contribution in [1.29, 1.82) is 0 Å². The van der Waals surface area contributed by atoms with E-state index in [1.807, 2.05) is 13.8 Å². The number of nitrogens with zero attached hydrogens (tertiary/aromatic N) is 1. The molecular weight excluding hydrogens is 344 g/mol. The number of carbonyl (C=O) groups excluding carboxylic acids is 1. The zero-order valence-electron chi connectivity index (χ0n) is 15.1. The maximum atomic E-state index is 12.5. The number of aliphatic carboxylic acids is 1. The van der Waals surface area contributed by atoms with Crippen LogP contribution in [0.4, 0.5) is 0 Å². The van der Waals surface area contributed by atoms with Crippen LogP contribution in [-0.4, -0.2) is 48.9 Å². The molecule has 140 valence electrons. The first-order chi connectivity index (χ1) is 11.5. The average Bonchev–Trinajstić information content (AvgIpc) is 2.53. The minimum Gasteiger partial charge on any atom is -0.481 e. The molecule has 7 nitrogen and oxygen atoms in total. The van der Waals surface area contributed by atoms with Crippen LogP contribution in [0.3, 0.4) is 0 Å². The molecule has 2 N–H and O–H groups in total. The second kappa shape index (κ2) is 8.44. The first kappa shape index (κ1) is 21.1. The summed E-state index contributed by atoms with van der Waals surface area (Å²) >= 11 is 0. The Hall–Kier alpha value is -1.93. The van der Waals surface area contributed by atoms with Gasteiger partial charge in [0.05, 0.1) is 4.90 Å². The fraction of sp³-hybridized carbons (Fsp3) is 0.529. The van der Waals surface area contributed by atoms with Gasteiger partial charge in [0.25, 0.3) is 5.91 Å². The second-order valence-corrected chi connectivity index (χ2v) is 8.07. The summed E-state index contributed by atoms with van der Waals surface area (Å²) in [6.07, 6.45) is 0.0346. The van der Waals surface area contributed by atoms with Crippen LogP contribution in [-0.2, 0) is 14.8 Å². The van der Waals surface area contributed by atoms with Crippen molar-refractivity contribution in [2.45, 2.75) is 51.0 Å². The third kappa shape index (κ3) is 6.13. The van der Waals surface area contributed by atoms with E-state index >= 15 is 0 Å². The lowest BCUT2D eigenvalue weighted by molar-refractivity contribution is -0.137. The third-order valence-corrected chi connectivity index (χ3v) is 5.55. The molecule has 1 amide bonds. The molecule has 0 radical (unpaired) electrons. The Bertz CT molecular complexity index is 707. The fourth-order valence-corrected chi connectivity index (χ4v) is 3.80. The Balaban J connectivity index is 2.93. The minimum atomic E-state index is -3.81. The highest BCUT2D eigenvalue weighted by Crippen LogP contribution is 2.18. The van der Waals surface area contributed by atoms with Crippen LogP contribution in [0.15, 0.2) is 29.2 Å². The molecule has 0 fully saturated rings. The van der Waals surface area contributed by atoms with Crippen LogP contribution in [0.25, 0.3) is 0 Å². The number of carboxylic acids is 1. The van der Waals surface area contributed by atoms with Crippen molar-refractivity contribution in [3.05, 3.63) is 29.8 Å². The molecular formula is C17H26N2O5S. The maximum absolute atomic E-state index is 12.5. The van der Waals surface area contributed by atoms with Gasteiger partial charge >= 0.3 is 5.97 Å². The Morgan fingerprint density at radius 1 is 1.12 bits per heavy atom. The van der Waals surface area contributed by atoms with Crippen molar-refractivity contribution in [1.82, 2.24) is 9.62 Å². The SMILES string of the molecule is CCN(CC)C(=O)c1ccc(S(=O)(=O)NC(C)(C)CCC(=O)O)cc1. The van der Waals surface area contributed by atoms with Crippen molar-refractivity contribution in [3.63, 3.8) is 0 Å². The first-order valence-corrected chi connectivity index (χ1v) is 9.66. The van der Waals surface area contributed by atoms with Crippen LogP contribution in [0.5, 0.6) is 0 Å². The van der Waals surface area contributed by atoms with Crippen LogP contribution in [0.1, 0.15) is 50.9 Å². The van der Waals surface area contributed by atoms with Crippen molar-refractivity contribution in [2.75, 3.05) is 13.1 Å². The Labute approximate surface area is 149 Å². The van der Waals surface area contributed by atoms with Crippen LogP contribution >= 0.6 is 0 Å². The number of carbonyl (C=O) groups is 2. The van der Waals surface area contributed by atoms with Crippen molar-refractivity contribution in [3.8, 4) is 0 Å². The van der Waals surface area contributed by atoms with E-state index in [9.17, 15) is 18.0 Å². The summed E-state index contributed by atoms with van der Waals surface area (Å²) in [5.74, 6) is -1.13. The molecule has 0 aromatic heterocycles. The van der Waals surface area contributed by atoms with Gasteiger partial charge in [0.1, 0.15) is 0 Å². The first-order valence-electron chi connectivity index (χ1n) is 8.17. The second-order valence-electron chi connectivity index (χ2n) is 6.38. The molecule has 0 saturated carbocycles. The van der Waals surface area contributed by atoms with Crippen LogP contribution in [0, 0.1) is 0 Å². The van der Waals surface area contributed by atoms with E-state index in [0.717, 1.165) is 0 Å². The van der Waals surface area contributed by atoms with Crippen molar-refractivity contribution in [2.24, 2.45) is 0 Å². The van der Waals surface area contributed by atoms with Gasteiger partial charge < -0.3 is 10.0 Å². The summed E-state index contributed by atoms with van der Waals surface area (Å²) in [7, 11) is -3.81. The Morgan fingerprint density at radius 2 is 1.64 bits per heavy atom. The molecule has 0 unspecified atom stereocenters. The van der Waals surface area contributed by atoms with E-state index in [-0.39, 0.29) is 23.6 Å². The van der Waals surface area contributed by atoms with E-state index in [4.69, 9.17) is 5.11 Å². The zero-order chi connectivity index (χ0) is 19.3. The van der Waals surface area contributed by atoms with E-state index < -0.39 is 21.5 Å². The number of hydrogen-bond acceptors (Lipinski definition) is 4. The molecule has 0 atom stereocenters. The quantitative estimate of drug-likeness (QED) is 0.693. The van der Waals surface area contributed by atoms with Gasteiger partial charge in [-0.1, -0.05) is 0 Å². The monoisotopic (exact) mass is 370 g/mol. The van der Waals surface area contributed by atoms with Gasteiger partial charge in [-0.25, -0.2) is 13.1 Å². The van der Waals surface area contributed by atoms with Crippen LogP contribution in [0.2, 0.25) is 0 Å². The molecule has 0 aliphatic carbocycles. The lowest BCUT2D eigenvalue weighted by Crippen LogP contribution is -2.43. The number of nitrogens with one attached hydrogen (secondary N) is 1. The molecule has 1 rings (SSSR count). The fourth-order valence-electron chi connectivity index (χ4n) is 2.36. The number of rotatable bonds is 9. The van der Waals surface area contributed by atoms with Gasteiger partial charge in [-0.05, 0) is 58.4 Å². The number of amides is 1. The summed E-state index contributed by atoms with van der Waals surface area (Å²) in [4.78, 5) is 24.6. The number of carboxylic acid groups (broad SMARTS) is 1. The topological polar surface area (TPSA) is 104 Å². The molecule has 1 aromatic carbocycles. The summed E-state index contributed by atoms with van der Waals surface area (Å²) in [5, 5.41) is 8.75. The van der Waals surface area contributed by atoms with Crippen LogP contribution < -0.4 is 4.72 Å². The van der Waals surface area contributed by atoms with Gasteiger partial charge in [0.15, 0.2) is 0 Å². The van der Waals surface area contributed by atoms with E-state index in [0.29, 0.717) is 18.7 Å². The minimum absolute atomic E-state index is 0.0343. The Kier molecular flexibility index (Phi) is 7.13. The highest BCUT2D eigenvalue weighted by molar-refractivity contribution is 7.89. The summed E-state index contributed by atoms with van der Waals surface area (Å²) in [6, 6.07) is 5.73. The number of sulfonamides is 1. The standard InChI is InChI=1S/C17H26N2O5S/c1-5-19(6-2)16(22)13-7-9-14(10-8-13)25(23,24)18-17(3,4)12-11-15(20)21/h7-10,18H,5-6,11-12H2,1-4H3,(H,20,21). The van der Waals surface area contributed by atoms with Crippen molar-refractivity contribution < 1.29 is 23.1 Å². The molecule has 0 saturated heterocycles. The van der Waals surface area contributed by atoms with Gasteiger partial charge in [-0.15, -0.1) is 0 Å². The van der Waals surface area contributed by atoms with Gasteiger partial charge in [-0.3, -0.25) is 9.59 Å².